The molecule has 6 heteroatoms. The van der Waals surface area contributed by atoms with Gasteiger partial charge in [-0.3, -0.25) is 0 Å². The number of alkyl halides is 3. The zero-order valence-electron chi connectivity index (χ0n) is 7.77. The van der Waals surface area contributed by atoms with Crippen molar-refractivity contribution in [3.8, 4) is 11.5 Å². The van der Waals surface area contributed by atoms with Gasteiger partial charge in [0.2, 0.25) is 0 Å². The maximum atomic E-state index is 11.8. The molecule has 0 unspecified atom stereocenters. The highest BCUT2D eigenvalue weighted by atomic mass is 35.5. The van der Waals surface area contributed by atoms with Gasteiger partial charge in [0.1, 0.15) is 11.5 Å². The first-order valence-electron chi connectivity index (χ1n) is 4.10. The zero-order valence-corrected chi connectivity index (χ0v) is 8.52. The molecule has 84 valence electrons. The van der Waals surface area contributed by atoms with Gasteiger partial charge in [0, 0.05) is 6.07 Å². The van der Waals surface area contributed by atoms with Crippen LogP contribution in [0.15, 0.2) is 18.2 Å². The average Bonchev–Trinajstić information content (AvgIpc) is 2.07. The second-order valence-corrected chi connectivity index (χ2v) is 2.98. The van der Waals surface area contributed by atoms with Gasteiger partial charge in [-0.25, -0.2) is 0 Å². The van der Waals surface area contributed by atoms with Crippen molar-refractivity contribution in [2.24, 2.45) is 0 Å². The van der Waals surface area contributed by atoms with Gasteiger partial charge in [-0.1, -0.05) is 11.6 Å². The molecule has 1 aromatic carbocycles. The van der Waals surface area contributed by atoms with E-state index in [1.54, 1.807) is 6.92 Å². The highest BCUT2D eigenvalue weighted by Crippen LogP contribution is 2.31. The molecule has 0 saturated carbocycles. The van der Waals surface area contributed by atoms with Crippen molar-refractivity contribution in [2.45, 2.75) is 13.3 Å². The van der Waals surface area contributed by atoms with Crippen molar-refractivity contribution in [1.82, 2.24) is 0 Å². The van der Waals surface area contributed by atoms with E-state index in [1.165, 1.54) is 6.07 Å². The first kappa shape index (κ1) is 12.0. The monoisotopic (exact) mass is 240 g/mol. The maximum absolute atomic E-state index is 11.8. The quantitative estimate of drug-likeness (QED) is 0.803. The fourth-order valence-electron chi connectivity index (χ4n) is 0.951. The smallest absolute Gasteiger partial charge is 0.492 e. The van der Waals surface area contributed by atoms with E-state index < -0.39 is 6.36 Å². The molecule has 0 amide bonds. The minimum Gasteiger partial charge on any atom is -0.492 e. The Hall–Kier alpha value is -1.10. The van der Waals surface area contributed by atoms with E-state index in [2.05, 4.69) is 4.74 Å². The number of hydrogen-bond acceptors (Lipinski definition) is 2. The third kappa shape index (κ3) is 3.87. The molecule has 0 aliphatic carbocycles. The summed E-state index contributed by atoms with van der Waals surface area (Å²) in [6, 6.07) is 3.53. The van der Waals surface area contributed by atoms with E-state index in [0.29, 0.717) is 12.4 Å². The maximum Gasteiger partial charge on any atom is 0.573 e. The predicted molar refractivity (Wildman–Crippen MR) is 49.3 cm³/mol. The lowest BCUT2D eigenvalue weighted by molar-refractivity contribution is -0.274. The van der Waals surface area contributed by atoms with Crippen molar-refractivity contribution in [2.75, 3.05) is 6.61 Å². The molecule has 15 heavy (non-hydrogen) atoms. The molecule has 1 rings (SSSR count). The summed E-state index contributed by atoms with van der Waals surface area (Å²) in [6.45, 7) is 2.13. The molecule has 0 radical (unpaired) electrons. The molecule has 0 spiro atoms. The number of benzene rings is 1. The molecule has 0 bridgehead atoms. The number of hydrogen-bond donors (Lipinski definition) is 0. The van der Waals surface area contributed by atoms with Crippen LogP contribution < -0.4 is 9.47 Å². The molecule has 0 saturated heterocycles. The van der Waals surface area contributed by atoms with Gasteiger partial charge < -0.3 is 9.47 Å². The third-order valence-corrected chi connectivity index (χ3v) is 1.73. The lowest BCUT2D eigenvalue weighted by atomic mass is 10.3. The van der Waals surface area contributed by atoms with Crippen LogP contribution in [0.3, 0.4) is 0 Å². The lowest BCUT2D eigenvalue weighted by Crippen LogP contribution is -2.17. The molecular formula is C9H8ClF3O2. The van der Waals surface area contributed by atoms with Gasteiger partial charge in [-0.05, 0) is 19.1 Å². The summed E-state index contributed by atoms with van der Waals surface area (Å²) in [7, 11) is 0. The summed E-state index contributed by atoms with van der Waals surface area (Å²) in [6.07, 6.45) is -4.71. The second kappa shape index (κ2) is 4.61. The Kier molecular flexibility index (Phi) is 3.68. The summed E-state index contributed by atoms with van der Waals surface area (Å²) < 4.78 is 44.2. The molecule has 2 nitrogen and oxygen atoms in total. The van der Waals surface area contributed by atoms with Crippen LogP contribution in [0.4, 0.5) is 13.2 Å². The van der Waals surface area contributed by atoms with E-state index in [0.717, 1.165) is 12.1 Å². The number of rotatable bonds is 3. The molecule has 0 N–H and O–H groups in total. The van der Waals surface area contributed by atoms with Crippen molar-refractivity contribution in [3.05, 3.63) is 23.2 Å². The Morgan fingerprint density at radius 1 is 1.33 bits per heavy atom. The van der Waals surface area contributed by atoms with Crippen molar-refractivity contribution in [3.63, 3.8) is 0 Å². The fourth-order valence-corrected chi connectivity index (χ4v) is 1.18. The van der Waals surface area contributed by atoms with Crippen molar-refractivity contribution in [1.29, 1.82) is 0 Å². The largest absolute Gasteiger partial charge is 0.573 e. The van der Waals surface area contributed by atoms with E-state index in [1.807, 2.05) is 0 Å². The molecule has 0 aliphatic heterocycles. The molecular weight excluding hydrogens is 233 g/mol. The van der Waals surface area contributed by atoms with Crippen LogP contribution in [0.5, 0.6) is 11.5 Å². The summed E-state index contributed by atoms with van der Waals surface area (Å²) in [5.74, 6) is -0.0374. The van der Waals surface area contributed by atoms with Gasteiger partial charge in [0.15, 0.2) is 0 Å². The standard InChI is InChI=1S/C9H8ClF3O2/c1-2-14-8-4-3-6(5-7(8)10)15-9(11,12)13/h3-5H,2H2,1H3. The SMILES string of the molecule is CCOc1ccc(OC(F)(F)F)cc1Cl. The highest BCUT2D eigenvalue weighted by molar-refractivity contribution is 6.32. The van der Waals surface area contributed by atoms with Crippen molar-refractivity contribution < 1.29 is 22.6 Å². The Labute approximate surface area is 89.6 Å². The summed E-state index contributed by atoms with van der Waals surface area (Å²) in [5.41, 5.74) is 0. The summed E-state index contributed by atoms with van der Waals surface area (Å²) in [5, 5.41) is 0.0820. The highest BCUT2D eigenvalue weighted by Gasteiger charge is 2.31. The third-order valence-electron chi connectivity index (χ3n) is 1.44. The Morgan fingerprint density at radius 2 is 2.00 bits per heavy atom. The predicted octanol–water partition coefficient (Wildman–Crippen LogP) is 3.64. The van der Waals surface area contributed by atoms with E-state index in [4.69, 9.17) is 16.3 Å². The first-order chi connectivity index (χ1) is 6.92. The lowest BCUT2D eigenvalue weighted by Gasteiger charge is -2.10. The Morgan fingerprint density at radius 3 is 2.47 bits per heavy atom. The molecule has 0 aliphatic rings. The van der Waals surface area contributed by atoms with Crippen molar-refractivity contribution >= 4 is 11.6 Å². The van der Waals surface area contributed by atoms with Crippen LogP contribution >= 0.6 is 11.6 Å². The molecule has 1 aromatic rings. The van der Waals surface area contributed by atoms with Gasteiger partial charge in [-0.2, -0.15) is 0 Å². The van der Waals surface area contributed by atoms with Crippen LogP contribution in [0, 0.1) is 0 Å². The Balaban J connectivity index is 2.82. The summed E-state index contributed by atoms with van der Waals surface area (Å²) >= 11 is 5.66. The van der Waals surface area contributed by atoms with Crippen LogP contribution in [-0.4, -0.2) is 13.0 Å². The normalized spacial score (nSPS) is 11.3. The van der Waals surface area contributed by atoms with E-state index in [9.17, 15) is 13.2 Å². The van der Waals surface area contributed by atoms with Gasteiger partial charge in [-0.15, -0.1) is 13.2 Å². The first-order valence-corrected chi connectivity index (χ1v) is 4.48. The van der Waals surface area contributed by atoms with Gasteiger partial charge in [0.25, 0.3) is 0 Å². The fraction of sp³-hybridized carbons (Fsp3) is 0.333. The number of ether oxygens (including phenoxy) is 2. The van der Waals surface area contributed by atoms with Crippen LogP contribution in [0.2, 0.25) is 5.02 Å². The summed E-state index contributed by atoms with van der Waals surface area (Å²) in [4.78, 5) is 0. The molecule has 0 fully saturated rings. The van der Waals surface area contributed by atoms with Crippen LogP contribution in [0.1, 0.15) is 6.92 Å². The molecule has 0 heterocycles. The van der Waals surface area contributed by atoms with Gasteiger partial charge in [0.05, 0.1) is 11.6 Å². The second-order valence-electron chi connectivity index (χ2n) is 2.57. The zero-order chi connectivity index (χ0) is 11.5. The van der Waals surface area contributed by atoms with Crippen LogP contribution in [-0.2, 0) is 0 Å². The van der Waals surface area contributed by atoms with Gasteiger partial charge >= 0.3 is 6.36 Å². The molecule has 0 aromatic heterocycles. The topological polar surface area (TPSA) is 18.5 Å². The minimum absolute atomic E-state index is 0.0820. The van der Waals surface area contributed by atoms with Crippen LogP contribution in [0.25, 0.3) is 0 Å². The number of halogens is 4. The average molecular weight is 241 g/mol. The van der Waals surface area contributed by atoms with E-state index >= 15 is 0 Å². The van der Waals surface area contributed by atoms with E-state index in [-0.39, 0.29) is 10.8 Å². The Bertz CT molecular complexity index is 339. The molecule has 0 atom stereocenters. The minimum atomic E-state index is -4.71.